The molecule has 1 aliphatic rings. The highest BCUT2D eigenvalue weighted by atomic mass is 16.5. The van der Waals surface area contributed by atoms with Crippen molar-refractivity contribution in [3.05, 3.63) is 53.0 Å². The molecule has 3 rings (SSSR count). The molecule has 1 aliphatic heterocycles. The summed E-state index contributed by atoms with van der Waals surface area (Å²) < 4.78 is 11.0. The van der Waals surface area contributed by atoms with Gasteiger partial charge in [0.1, 0.15) is 11.5 Å². The topological polar surface area (TPSA) is 48.4 Å². The maximum absolute atomic E-state index is 6.33. The van der Waals surface area contributed by atoms with Gasteiger partial charge < -0.3 is 14.9 Å². The van der Waals surface area contributed by atoms with Crippen molar-refractivity contribution in [1.82, 2.24) is 0 Å². The lowest BCUT2D eigenvalue weighted by molar-refractivity contribution is 0.357. The van der Waals surface area contributed by atoms with Crippen LogP contribution in [0, 0.1) is 0 Å². The Morgan fingerprint density at radius 3 is 3.06 bits per heavy atom. The molecule has 0 aliphatic carbocycles. The lowest BCUT2D eigenvalue weighted by Gasteiger charge is -2.13. The molecule has 1 atom stereocenters. The van der Waals surface area contributed by atoms with Gasteiger partial charge in [-0.2, -0.15) is 0 Å². The molecule has 18 heavy (non-hydrogen) atoms. The van der Waals surface area contributed by atoms with Crippen LogP contribution in [-0.2, 0) is 12.8 Å². The Morgan fingerprint density at radius 2 is 2.22 bits per heavy atom. The summed E-state index contributed by atoms with van der Waals surface area (Å²) in [7, 11) is 0. The number of aryl methyl sites for hydroxylation is 1. The Labute approximate surface area is 107 Å². The molecule has 0 bridgehead atoms. The van der Waals surface area contributed by atoms with Crippen LogP contribution in [0.4, 0.5) is 0 Å². The van der Waals surface area contributed by atoms with E-state index < -0.39 is 0 Å². The summed E-state index contributed by atoms with van der Waals surface area (Å²) in [4.78, 5) is 0. The Balaban J connectivity index is 1.95. The highest BCUT2D eigenvalue weighted by molar-refractivity contribution is 5.43. The van der Waals surface area contributed by atoms with E-state index in [1.807, 2.05) is 18.2 Å². The lowest BCUT2D eigenvalue weighted by atomic mass is 9.97. The van der Waals surface area contributed by atoms with Gasteiger partial charge in [0.05, 0.1) is 18.9 Å². The minimum atomic E-state index is -0.121. The van der Waals surface area contributed by atoms with Crippen LogP contribution in [0.3, 0.4) is 0 Å². The first-order chi connectivity index (χ1) is 8.79. The summed E-state index contributed by atoms with van der Waals surface area (Å²) in [6.07, 6.45) is 3.55. The van der Waals surface area contributed by atoms with Crippen LogP contribution < -0.4 is 10.5 Å². The summed E-state index contributed by atoms with van der Waals surface area (Å²) in [5.41, 5.74) is 9.79. The number of hydrogen-bond acceptors (Lipinski definition) is 3. The summed E-state index contributed by atoms with van der Waals surface area (Å²) in [6.45, 7) is 2.85. The molecule has 2 heterocycles. The zero-order chi connectivity index (χ0) is 12.5. The van der Waals surface area contributed by atoms with Gasteiger partial charge >= 0.3 is 0 Å². The summed E-state index contributed by atoms with van der Waals surface area (Å²) in [5.74, 6) is 1.97. The lowest BCUT2D eigenvalue weighted by Crippen LogP contribution is -2.12. The number of hydrogen-bond donors (Lipinski definition) is 1. The van der Waals surface area contributed by atoms with E-state index in [9.17, 15) is 0 Å². The van der Waals surface area contributed by atoms with Crippen LogP contribution in [0.5, 0.6) is 5.75 Å². The zero-order valence-corrected chi connectivity index (χ0v) is 10.5. The van der Waals surface area contributed by atoms with Gasteiger partial charge in [-0.1, -0.05) is 19.1 Å². The molecule has 0 fully saturated rings. The van der Waals surface area contributed by atoms with Crippen molar-refractivity contribution in [2.75, 3.05) is 6.61 Å². The largest absolute Gasteiger partial charge is 0.493 e. The van der Waals surface area contributed by atoms with E-state index in [0.29, 0.717) is 0 Å². The van der Waals surface area contributed by atoms with E-state index >= 15 is 0 Å². The molecular formula is C15H17NO2. The highest BCUT2D eigenvalue weighted by Gasteiger charge is 2.18. The SMILES string of the molecule is CCc1occc1C(N)c1ccc2c(c1)CCO2. The van der Waals surface area contributed by atoms with Gasteiger partial charge in [0.25, 0.3) is 0 Å². The number of nitrogens with two attached hydrogens (primary N) is 1. The van der Waals surface area contributed by atoms with E-state index in [1.54, 1.807) is 6.26 Å². The first-order valence-electron chi connectivity index (χ1n) is 6.37. The van der Waals surface area contributed by atoms with Crippen molar-refractivity contribution in [1.29, 1.82) is 0 Å². The molecular weight excluding hydrogens is 226 g/mol. The zero-order valence-electron chi connectivity index (χ0n) is 10.5. The fraction of sp³-hybridized carbons (Fsp3) is 0.333. The van der Waals surface area contributed by atoms with Crippen molar-refractivity contribution in [2.45, 2.75) is 25.8 Å². The van der Waals surface area contributed by atoms with Gasteiger partial charge in [-0.15, -0.1) is 0 Å². The Morgan fingerprint density at radius 1 is 1.33 bits per heavy atom. The molecule has 1 aromatic heterocycles. The maximum atomic E-state index is 6.33. The van der Waals surface area contributed by atoms with Gasteiger partial charge in [0.2, 0.25) is 0 Å². The Kier molecular flexibility index (Phi) is 2.84. The van der Waals surface area contributed by atoms with Crippen LogP contribution in [0.1, 0.15) is 35.4 Å². The molecule has 3 nitrogen and oxygen atoms in total. The van der Waals surface area contributed by atoms with E-state index in [-0.39, 0.29) is 6.04 Å². The van der Waals surface area contributed by atoms with Crippen molar-refractivity contribution in [3.63, 3.8) is 0 Å². The third-order valence-corrected chi connectivity index (χ3v) is 3.51. The molecule has 94 valence electrons. The minimum Gasteiger partial charge on any atom is -0.493 e. The number of rotatable bonds is 3. The van der Waals surface area contributed by atoms with Crippen LogP contribution >= 0.6 is 0 Å². The van der Waals surface area contributed by atoms with Crippen LogP contribution in [-0.4, -0.2) is 6.61 Å². The molecule has 0 saturated carbocycles. The molecule has 1 unspecified atom stereocenters. The smallest absolute Gasteiger partial charge is 0.122 e. The number of furan rings is 1. The maximum Gasteiger partial charge on any atom is 0.122 e. The predicted octanol–water partition coefficient (Wildman–Crippen LogP) is 2.83. The van der Waals surface area contributed by atoms with Gasteiger partial charge in [0.15, 0.2) is 0 Å². The molecule has 0 amide bonds. The second kappa shape index (κ2) is 4.50. The van der Waals surface area contributed by atoms with Crippen LogP contribution in [0.25, 0.3) is 0 Å². The van der Waals surface area contributed by atoms with Crippen molar-refractivity contribution in [3.8, 4) is 5.75 Å². The first-order valence-corrected chi connectivity index (χ1v) is 6.37. The van der Waals surface area contributed by atoms with Crippen LogP contribution in [0.15, 0.2) is 34.9 Å². The summed E-state index contributed by atoms with van der Waals surface area (Å²) in [6, 6.07) is 8.06. The molecule has 0 spiro atoms. The number of ether oxygens (including phenoxy) is 1. The second-order valence-corrected chi connectivity index (χ2v) is 4.60. The molecule has 0 saturated heterocycles. The number of benzene rings is 1. The average Bonchev–Trinajstić information content (AvgIpc) is 3.05. The predicted molar refractivity (Wildman–Crippen MR) is 69.8 cm³/mol. The van der Waals surface area contributed by atoms with Gasteiger partial charge in [0, 0.05) is 18.4 Å². The quantitative estimate of drug-likeness (QED) is 0.901. The molecule has 1 aromatic carbocycles. The molecule has 3 heteroatoms. The van der Waals surface area contributed by atoms with Gasteiger partial charge in [-0.25, -0.2) is 0 Å². The second-order valence-electron chi connectivity index (χ2n) is 4.60. The van der Waals surface area contributed by atoms with E-state index in [0.717, 1.165) is 42.1 Å². The standard InChI is InChI=1S/C15H17NO2/c1-2-13-12(6-8-17-13)15(16)11-3-4-14-10(9-11)5-7-18-14/h3-4,6,8-9,15H,2,5,7,16H2,1H3. The summed E-state index contributed by atoms with van der Waals surface area (Å²) in [5, 5.41) is 0. The fourth-order valence-corrected chi connectivity index (χ4v) is 2.49. The highest BCUT2D eigenvalue weighted by Crippen LogP contribution is 2.30. The third-order valence-electron chi connectivity index (χ3n) is 3.51. The fourth-order valence-electron chi connectivity index (χ4n) is 2.49. The van der Waals surface area contributed by atoms with Crippen LogP contribution in [0.2, 0.25) is 0 Å². The normalized spacial score (nSPS) is 15.2. The van der Waals surface area contributed by atoms with E-state index in [2.05, 4.69) is 13.0 Å². The van der Waals surface area contributed by atoms with Gasteiger partial charge in [-0.3, -0.25) is 0 Å². The van der Waals surface area contributed by atoms with Gasteiger partial charge in [-0.05, 0) is 23.3 Å². The van der Waals surface area contributed by atoms with E-state index in [4.69, 9.17) is 14.9 Å². The molecule has 0 radical (unpaired) electrons. The third kappa shape index (κ3) is 1.81. The monoisotopic (exact) mass is 243 g/mol. The molecule has 2 N–H and O–H groups in total. The van der Waals surface area contributed by atoms with E-state index in [1.165, 1.54) is 5.56 Å². The molecule has 2 aromatic rings. The Bertz CT molecular complexity index is 559. The minimum absolute atomic E-state index is 0.121. The Hall–Kier alpha value is -1.74. The summed E-state index contributed by atoms with van der Waals surface area (Å²) >= 11 is 0. The average molecular weight is 243 g/mol. The number of fused-ring (bicyclic) bond motifs is 1. The van der Waals surface area contributed by atoms with Crippen molar-refractivity contribution >= 4 is 0 Å². The van der Waals surface area contributed by atoms with Crippen molar-refractivity contribution in [2.24, 2.45) is 5.73 Å². The first kappa shape index (κ1) is 11.4. The van der Waals surface area contributed by atoms with Crippen molar-refractivity contribution < 1.29 is 9.15 Å².